The average molecular weight is 388 g/mol. The van der Waals surface area contributed by atoms with E-state index in [1.807, 2.05) is 6.92 Å². The lowest BCUT2D eigenvalue weighted by atomic mass is 10.1. The number of ether oxygens (including phenoxy) is 3. The molecule has 28 heavy (non-hydrogen) atoms. The average Bonchev–Trinajstić information content (AvgIpc) is 2.69. The second-order valence-electron chi connectivity index (χ2n) is 5.95. The number of nitro groups is 1. The smallest absolute Gasteiger partial charge is 0.276 e. The van der Waals surface area contributed by atoms with Crippen LogP contribution in [0.1, 0.15) is 24.5 Å². The van der Waals surface area contributed by atoms with Gasteiger partial charge in [0.15, 0.2) is 11.5 Å². The highest BCUT2D eigenvalue weighted by atomic mass is 16.6. The third kappa shape index (κ3) is 5.35. The molecule has 1 N–H and O–H groups in total. The van der Waals surface area contributed by atoms with Crippen LogP contribution >= 0.6 is 0 Å². The van der Waals surface area contributed by atoms with Crippen LogP contribution in [0.2, 0.25) is 0 Å². The maximum atomic E-state index is 11.3. The van der Waals surface area contributed by atoms with E-state index in [1.165, 1.54) is 32.6 Å². The Labute approximate surface area is 163 Å². The molecular formula is C20H24N2O6. The van der Waals surface area contributed by atoms with E-state index in [0.717, 1.165) is 6.42 Å². The Kier molecular flexibility index (Phi) is 7.62. The van der Waals surface area contributed by atoms with Crippen LogP contribution in [0.4, 0.5) is 5.69 Å². The van der Waals surface area contributed by atoms with Gasteiger partial charge in [0.1, 0.15) is 11.5 Å². The van der Waals surface area contributed by atoms with E-state index in [0.29, 0.717) is 47.9 Å². The minimum Gasteiger partial charge on any atom is -0.507 e. The lowest BCUT2D eigenvalue weighted by Gasteiger charge is -2.10. The van der Waals surface area contributed by atoms with Crippen LogP contribution in [0.15, 0.2) is 35.3 Å². The zero-order chi connectivity index (χ0) is 20.5. The van der Waals surface area contributed by atoms with Crippen molar-refractivity contribution in [2.24, 2.45) is 4.99 Å². The molecule has 0 spiro atoms. The van der Waals surface area contributed by atoms with Gasteiger partial charge in [0, 0.05) is 30.0 Å². The minimum absolute atomic E-state index is 0.0480. The number of benzene rings is 2. The summed E-state index contributed by atoms with van der Waals surface area (Å²) in [4.78, 5) is 15.1. The van der Waals surface area contributed by atoms with Crippen molar-refractivity contribution in [1.29, 1.82) is 0 Å². The summed E-state index contributed by atoms with van der Waals surface area (Å²) in [6.45, 7) is 2.89. The highest BCUT2D eigenvalue weighted by molar-refractivity contribution is 5.83. The number of aromatic hydroxyl groups is 1. The first-order chi connectivity index (χ1) is 13.5. The van der Waals surface area contributed by atoms with E-state index < -0.39 is 4.92 Å². The number of nitrogens with zero attached hydrogens (tertiary/aromatic N) is 2. The third-order valence-corrected chi connectivity index (χ3v) is 4.00. The van der Waals surface area contributed by atoms with E-state index in [1.54, 1.807) is 18.2 Å². The van der Waals surface area contributed by atoms with Crippen LogP contribution in [-0.2, 0) is 6.42 Å². The van der Waals surface area contributed by atoms with Gasteiger partial charge in [-0.3, -0.25) is 15.1 Å². The number of phenols is 1. The fourth-order valence-corrected chi connectivity index (χ4v) is 2.57. The molecule has 0 bridgehead atoms. The fraction of sp³-hybridized carbons (Fsp3) is 0.350. The first-order valence-corrected chi connectivity index (χ1v) is 8.85. The number of methoxy groups -OCH3 is 2. The van der Waals surface area contributed by atoms with Gasteiger partial charge >= 0.3 is 0 Å². The fourth-order valence-electron chi connectivity index (χ4n) is 2.57. The second-order valence-corrected chi connectivity index (χ2v) is 5.95. The molecule has 0 aromatic heterocycles. The predicted molar refractivity (Wildman–Crippen MR) is 106 cm³/mol. The van der Waals surface area contributed by atoms with Gasteiger partial charge in [-0.1, -0.05) is 6.92 Å². The van der Waals surface area contributed by atoms with Crippen molar-refractivity contribution in [3.05, 3.63) is 51.6 Å². The van der Waals surface area contributed by atoms with Gasteiger partial charge < -0.3 is 19.3 Å². The molecule has 0 amide bonds. The summed E-state index contributed by atoms with van der Waals surface area (Å²) >= 11 is 0. The molecule has 2 rings (SSSR count). The summed E-state index contributed by atoms with van der Waals surface area (Å²) in [7, 11) is 2.90. The lowest BCUT2D eigenvalue weighted by Crippen LogP contribution is -2.01. The highest BCUT2D eigenvalue weighted by Gasteiger charge is 2.19. The quantitative estimate of drug-likeness (QED) is 0.377. The van der Waals surface area contributed by atoms with Crippen molar-refractivity contribution in [2.75, 3.05) is 27.4 Å². The number of aliphatic imine (C=N–C) groups is 1. The number of hydrogen-bond donors (Lipinski definition) is 1. The van der Waals surface area contributed by atoms with E-state index in [2.05, 4.69) is 4.99 Å². The minimum atomic E-state index is -0.456. The Hall–Kier alpha value is -3.29. The molecule has 2 aromatic carbocycles. The number of hydrogen-bond acceptors (Lipinski definition) is 7. The topological polar surface area (TPSA) is 103 Å². The molecule has 0 atom stereocenters. The van der Waals surface area contributed by atoms with Crippen LogP contribution < -0.4 is 14.2 Å². The normalized spacial score (nSPS) is 10.8. The summed E-state index contributed by atoms with van der Waals surface area (Å²) in [5.74, 6) is 1.39. The molecule has 0 aliphatic rings. The van der Waals surface area contributed by atoms with E-state index >= 15 is 0 Å². The SMILES string of the molecule is CCCOc1ccc(C=NCCc2cc(OC)c(OC)cc2[N+](=O)[O-])c(O)c1. The van der Waals surface area contributed by atoms with Gasteiger partial charge in [-0.25, -0.2) is 0 Å². The van der Waals surface area contributed by atoms with Crippen LogP contribution in [0.3, 0.4) is 0 Å². The van der Waals surface area contributed by atoms with E-state index in [-0.39, 0.29) is 11.4 Å². The Morgan fingerprint density at radius 3 is 2.50 bits per heavy atom. The van der Waals surface area contributed by atoms with Crippen molar-refractivity contribution in [3.8, 4) is 23.0 Å². The van der Waals surface area contributed by atoms with Crippen molar-refractivity contribution in [3.63, 3.8) is 0 Å². The molecule has 8 nitrogen and oxygen atoms in total. The van der Waals surface area contributed by atoms with Crippen LogP contribution in [0.5, 0.6) is 23.0 Å². The van der Waals surface area contributed by atoms with Crippen molar-refractivity contribution < 1.29 is 24.2 Å². The van der Waals surface area contributed by atoms with Gasteiger partial charge in [-0.05, 0) is 31.0 Å². The summed E-state index contributed by atoms with van der Waals surface area (Å²) < 4.78 is 15.8. The first-order valence-electron chi connectivity index (χ1n) is 8.85. The van der Waals surface area contributed by atoms with Gasteiger partial charge in [0.05, 0.1) is 31.8 Å². The van der Waals surface area contributed by atoms with Gasteiger partial charge in [-0.2, -0.15) is 0 Å². The lowest BCUT2D eigenvalue weighted by molar-refractivity contribution is -0.385. The summed E-state index contributed by atoms with van der Waals surface area (Å²) in [6.07, 6.45) is 2.75. The summed E-state index contributed by atoms with van der Waals surface area (Å²) in [5, 5.41) is 21.4. The molecule has 2 aromatic rings. The van der Waals surface area contributed by atoms with E-state index in [4.69, 9.17) is 14.2 Å². The van der Waals surface area contributed by atoms with E-state index in [9.17, 15) is 15.2 Å². The number of nitro benzene ring substituents is 1. The Bertz CT molecular complexity index is 851. The Morgan fingerprint density at radius 2 is 1.89 bits per heavy atom. The molecule has 150 valence electrons. The molecule has 0 heterocycles. The zero-order valence-electron chi connectivity index (χ0n) is 16.2. The second kappa shape index (κ2) is 10.1. The van der Waals surface area contributed by atoms with Gasteiger partial charge in [0.25, 0.3) is 5.69 Å². The Balaban J connectivity index is 2.09. The third-order valence-electron chi connectivity index (χ3n) is 4.00. The van der Waals surface area contributed by atoms with Crippen molar-refractivity contribution in [2.45, 2.75) is 19.8 Å². The van der Waals surface area contributed by atoms with Crippen LogP contribution in [0.25, 0.3) is 0 Å². The molecule has 0 unspecified atom stereocenters. The monoisotopic (exact) mass is 388 g/mol. The predicted octanol–water partition coefficient (Wildman–Crippen LogP) is 3.77. The molecule has 0 radical (unpaired) electrons. The number of phenolic OH excluding ortho intramolecular Hbond substituents is 1. The first kappa shape index (κ1) is 21.0. The number of rotatable bonds is 10. The largest absolute Gasteiger partial charge is 0.507 e. The zero-order valence-corrected chi connectivity index (χ0v) is 16.2. The van der Waals surface area contributed by atoms with Gasteiger partial charge in [-0.15, -0.1) is 0 Å². The Morgan fingerprint density at radius 1 is 1.18 bits per heavy atom. The molecule has 0 saturated carbocycles. The maximum Gasteiger partial charge on any atom is 0.276 e. The standard InChI is InChI=1S/C20H24N2O6/c1-4-9-28-16-6-5-15(18(23)11-16)13-21-8-7-14-10-19(26-2)20(27-3)12-17(14)22(24)25/h5-6,10-13,23H,4,7-9H2,1-3H3. The summed E-state index contributed by atoms with van der Waals surface area (Å²) in [5.41, 5.74) is 0.992. The molecule has 8 heteroatoms. The molecular weight excluding hydrogens is 364 g/mol. The summed E-state index contributed by atoms with van der Waals surface area (Å²) in [6, 6.07) is 7.94. The van der Waals surface area contributed by atoms with Crippen LogP contribution in [0, 0.1) is 10.1 Å². The van der Waals surface area contributed by atoms with Crippen molar-refractivity contribution >= 4 is 11.9 Å². The van der Waals surface area contributed by atoms with Crippen molar-refractivity contribution in [1.82, 2.24) is 0 Å². The maximum absolute atomic E-state index is 11.3. The molecule has 0 saturated heterocycles. The molecule has 0 aliphatic heterocycles. The molecule has 0 aliphatic carbocycles. The highest BCUT2D eigenvalue weighted by Crippen LogP contribution is 2.34. The molecule has 0 fully saturated rings. The van der Waals surface area contributed by atoms with Gasteiger partial charge in [0.2, 0.25) is 0 Å². The van der Waals surface area contributed by atoms with Crippen LogP contribution in [-0.4, -0.2) is 43.6 Å².